The summed E-state index contributed by atoms with van der Waals surface area (Å²) in [7, 11) is 0. The highest BCUT2D eigenvalue weighted by atomic mass is 32.1. The molecule has 0 bridgehead atoms. The molecule has 13 heteroatoms. The number of rotatable bonds is 4. The Morgan fingerprint density at radius 1 is 1.40 bits per heavy atom. The fourth-order valence-electron chi connectivity index (χ4n) is 1.89. The maximum absolute atomic E-state index is 12.6. The third-order valence-corrected chi connectivity index (χ3v) is 3.26. The van der Waals surface area contributed by atoms with Gasteiger partial charge in [0.1, 0.15) is 11.7 Å². The first kappa shape index (κ1) is 18.3. The average Bonchev–Trinajstić information content (AvgIpc) is 2.84. The van der Waals surface area contributed by atoms with Gasteiger partial charge in [0.05, 0.1) is 10.5 Å². The van der Waals surface area contributed by atoms with Crippen LogP contribution in [-0.4, -0.2) is 27.1 Å². The Hall–Kier alpha value is -3.09. The topological polar surface area (TPSA) is 140 Å². The van der Waals surface area contributed by atoms with Gasteiger partial charge in [0.25, 0.3) is 11.6 Å². The van der Waals surface area contributed by atoms with E-state index in [1.165, 1.54) is 0 Å². The number of nitro groups is 1. The number of carbonyl (C=O) groups excluding carboxylic acids is 1. The SMILES string of the molecule is O=C1NC(=S)NC1C([O-])=C(O)Nc1ccc(C(F)(F)F)cc1[N+](=O)[O-]. The average molecular weight is 377 g/mol. The van der Waals surface area contributed by atoms with E-state index in [1.807, 2.05) is 5.32 Å². The Kier molecular flexibility index (Phi) is 4.69. The fourth-order valence-corrected chi connectivity index (χ4v) is 2.11. The molecule has 1 fully saturated rings. The Labute approximate surface area is 142 Å². The standard InChI is InChI=1S/C12H9F3N4O5S/c13-12(14,15)4-1-2-5(6(3-4)19(23)24)16-10(22)8(20)7-9(21)18-11(25)17-7/h1-3,7,16,20,22H,(H2,17,18,21,25)/p-1. The molecular weight excluding hydrogens is 369 g/mol. The van der Waals surface area contributed by atoms with Gasteiger partial charge < -0.3 is 26.2 Å². The second kappa shape index (κ2) is 6.43. The number of nitrogens with zero attached hydrogens (tertiary/aromatic N) is 1. The molecule has 9 nitrogen and oxygen atoms in total. The van der Waals surface area contributed by atoms with Crippen LogP contribution in [0.15, 0.2) is 29.8 Å². The summed E-state index contributed by atoms with van der Waals surface area (Å²) in [6, 6.07) is -0.107. The van der Waals surface area contributed by atoms with Crippen molar-refractivity contribution < 1.29 is 33.1 Å². The van der Waals surface area contributed by atoms with E-state index in [0.29, 0.717) is 12.1 Å². The van der Waals surface area contributed by atoms with Gasteiger partial charge in [-0.25, -0.2) is 0 Å². The number of hydrogen-bond acceptors (Lipinski definition) is 7. The van der Waals surface area contributed by atoms with E-state index >= 15 is 0 Å². The summed E-state index contributed by atoms with van der Waals surface area (Å²) in [6.45, 7) is 0. The second-order valence-electron chi connectivity index (χ2n) is 4.72. The minimum absolute atomic E-state index is 0.156. The van der Waals surface area contributed by atoms with Gasteiger partial charge in [-0.2, -0.15) is 13.2 Å². The van der Waals surface area contributed by atoms with Crippen molar-refractivity contribution >= 4 is 34.6 Å². The van der Waals surface area contributed by atoms with Crippen molar-refractivity contribution in [2.45, 2.75) is 12.2 Å². The number of carbonyl (C=O) groups is 1. The van der Waals surface area contributed by atoms with Crippen LogP contribution in [0.4, 0.5) is 24.5 Å². The van der Waals surface area contributed by atoms with Crippen LogP contribution in [0.25, 0.3) is 0 Å². The van der Waals surface area contributed by atoms with Crippen molar-refractivity contribution in [3.05, 3.63) is 45.5 Å². The van der Waals surface area contributed by atoms with Gasteiger partial charge in [0.15, 0.2) is 11.0 Å². The maximum Gasteiger partial charge on any atom is 0.416 e. The quantitative estimate of drug-likeness (QED) is 0.257. The number of anilines is 1. The highest BCUT2D eigenvalue weighted by molar-refractivity contribution is 7.80. The lowest BCUT2D eigenvalue weighted by molar-refractivity contribution is -0.384. The molecule has 0 aromatic heterocycles. The fraction of sp³-hybridized carbons (Fsp3) is 0.167. The lowest BCUT2D eigenvalue weighted by Gasteiger charge is -2.20. The minimum atomic E-state index is -4.81. The summed E-state index contributed by atoms with van der Waals surface area (Å²) in [5.74, 6) is -3.24. The predicted molar refractivity (Wildman–Crippen MR) is 79.0 cm³/mol. The molecule has 2 rings (SSSR count). The number of nitrogens with one attached hydrogen (secondary N) is 3. The number of nitro benzene ring substituents is 1. The Bertz CT molecular complexity index is 795. The molecule has 1 aromatic rings. The summed E-state index contributed by atoms with van der Waals surface area (Å²) in [6.07, 6.45) is -4.81. The smallest absolute Gasteiger partial charge is 0.416 e. The van der Waals surface area contributed by atoms with Crippen molar-refractivity contribution in [2.24, 2.45) is 0 Å². The van der Waals surface area contributed by atoms with Crippen LogP contribution in [-0.2, 0) is 11.0 Å². The molecular formula is C12H8F3N4O5S-. The first-order valence-electron chi connectivity index (χ1n) is 6.35. The van der Waals surface area contributed by atoms with E-state index in [0.717, 1.165) is 0 Å². The number of thiocarbonyl (C=S) groups is 1. The number of halogens is 3. The highest BCUT2D eigenvalue weighted by Gasteiger charge is 2.33. The molecule has 134 valence electrons. The number of aliphatic hydroxyl groups excluding tert-OH is 1. The number of hydrogen-bond donors (Lipinski definition) is 4. The number of aliphatic hydroxyl groups is 1. The van der Waals surface area contributed by atoms with Gasteiger partial charge in [-0.15, -0.1) is 0 Å². The molecule has 0 radical (unpaired) electrons. The summed E-state index contributed by atoms with van der Waals surface area (Å²) in [4.78, 5) is 21.3. The Morgan fingerprint density at radius 2 is 2.04 bits per heavy atom. The zero-order valence-electron chi connectivity index (χ0n) is 11.9. The molecule has 1 saturated heterocycles. The molecule has 1 unspecified atom stereocenters. The van der Waals surface area contributed by atoms with E-state index in [-0.39, 0.29) is 11.2 Å². The number of benzene rings is 1. The van der Waals surface area contributed by atoms with Gasteiger partial charge in [0.2, 0.25) is 0 Å². The molecule has 4 N–H and O–H groups in total. The molecule has 0 spiro atoms. The molecule has 1 aromatic carbocycles. The molecule has 1 heterocycles. The van der Waals surface area contributed by atoms with Crippen LogP contribution >= 0.6 is 12.2 Å². The first-order valence-corrected chi connectivity index (χ1v) is 6.75. The van der Waals surface area contributed by atoms with E-state index in [1.54, 1.807) is 0 Å². The Morgan fingerprint density at radius 3 is 2.52 bits per heavy atom. The summed E-state index contributed by atoms with van der Waals surface area (Å²) < 4.78 is 37.9. The van der Waals surface area contributed by atoms with Crippen molar-refractivity contribution in [3.8, 4) is 0 Å². The number of amides is 1. The summed E-state index contributed by atoms with van der Waals surface area (Å²) in [5.41, 5.74) is -2.86. The van der Waals surface area contributed by atoms with E-state index in [4.69, 9.17) is 0 Å². The Balaban J connectivity index is 2.36. The lowest BCUT2D eigenvalue weighted by atomic mass is 10.1. The van der Waals surface area contributed by atoms with E-state index < -0.39 is 51.6 Å². The van der Waals surface area contributed by atoms with Crippen LogP contribution < -0.4 is 21.1 Å². The van der Waals surface area contributed by atoms with Gasteiger partial charge in [0, 0.05) is 6.07 Å². The van der Waals surface area contributed by atoms with E-state index in [9.17, 15) is 38.3 Å². The monoisotopic (exact) mass is 377 g/mol. The second-order valence-corrected chi connectivity index (χ2v) is 5.13. The lowest BCUT2D eigenvalue weighted by Crippen LogP contribution is -2.38. The summed E-state index contributed by atoms with van der Waals surface area (Å²) >= 11 is 4.61. The van der Waals surface area contributed by atoms with Crippen LogP contribution in [0, 0.1) is 10.1 Å². The van der Waals surface area contributed by atoms with Gasteiger partial charge in [-0.3, -0.25) is 14.9 Å². The van der Waals surface area contributed by atoms with Crippen LogP contribution in [0.2, 0.25) is 0 Å². The van der Waals surface area contributed by atoms with Gasteiger partial charge >= 0.3 is 6.18 Å². The van der Waals surface area contributed by atoms with Crippen LogP contribution in [0.1, 0.15) is 5.56 Å². The minimum Gasteiger partial charge on any atom is -0.870 e. The van der Waals surface area contributed by atoms with Crippen molar-refractivity contribution in [1.82, 2.24) is 10.6 Å². The highest BCUT2D eigenvalue weighted by Crippen LogP contribution is 2.35. The molecule has 0 saturated carbocycles. The van der Waals surface area contributed by atoms with Crippen LogP contribution in [0.3, 0.4) is 0 Å². The van der Waals surface area contributed by atoms with Gasteiger partial charge in [-0.05, 0) is 30.1 Å². The molecule has 0 aliphatic carbocycles. The van der Waals surface area contributed by atoms with Crippen molar-refractivity contribution in [1.29, 1.82) is 0 Å². The molecule has 25 heavy (non-hydrogen) atoms. The molecule has 1 amide bonds. The van der Waals surface area contributed by atoms with Crippen molar-refractivity contribution in [2.75, 3.05) is 5.32 Å². The normalized spacial score (nSPS) is 18.3. The third-order valence-electron chi connectivity index (χ3n) is 3.04. The van der Waals surface area contributed by atoms with Crippen molar-refractivity contribution in [3.63, 3.8) is 0 Å². The maximum atomic E-state index is 12.6. The predicted octanol–water partition coefficient (Wildman–Crippen LogP) is 0.486. The third kappa shape index (κ3) is 3.88. The zero-order valence-corrected chi connectivity index (χ0v) is 12.7. The molecule has 1 atom stereocenters. The first-order chi connectivity index (χ1) is 11.5. The van der Waals surface area contributed by atoms with Gasteiger partial charge in [-0.1, -0.05) is 0 Å². The molecule has 1 aliphatic rings. The molecule has 1 aliphatic heterocycles. The van der Waals surface area contributed by atoms with Crippen LogP contribution in [0.5, 0.6) is 0 Å². The largest absolute Gasteiger partial charge is 0.870 e. The summed E-state index contributed by atoms with van der Waals surface area (Å²) in [5, 5.41) is 38.7. The zero-order chi connectivity index (χ0) is 18.9. The van der Waals surface area contributed by atoms with E-state index in [2.05, 4.69) is 22.9 Å². The number of alkyl halides is 3.